The molecular formula is C25H31F3N4O3. The lowest BCUT2D eigenvalue weighted by atomic mass is 9.93. The van der Waals surface area contributed by atoms with Crippen LogP contribution in [0.15, 0.2) is 42.6 Å². The van der Waals surface area contributed by atoms with Gasteiger partial charge >= 0.3 is 6.18 Å². The Hall–Kier alpha value is -3.30. The SMILES string of the molecule is CCCC1CC(NC(=O)C(C)(C)Oc2ccc(C(F)(F)F)cc2)CCN1c1ccc(C(N)=O)cn1. The van der Waals surface area contributed by atoms with Gasteiger partial charge in [-0.15, -0.1) is 0 Å². The van der Waals surface area contributed by atoms with Crippen LogP contribution in [-0.4, -0.2) is 41.0 Å². The highest BCUT2D eigenvalue weighted by atomic mass is 19.4. The molecule has 3 N–H and O–H groups in total. The van der Waals surface area contributed by atoms with E-state index in [2.05, 4.69) is 22.1 Å². The quantitative estimate of drug-likeness (QED) is 0.572. The number of anilines is 1. The Bertz CT molecular complexity index is 1020. The van der Waals surface area contributed by atoms with Crippen LogP contribution in [0, 0.1) is 0 Å². The van der Waals surface area contributed by atoms with Crippen molar-refractivity contribution in [2.24, 2.45) is 5.73 Å². The molecule has 0 saturated carbocycles. The molecular weight excluding hydrogens is 461 g/mol. The van der Waals surface area contributed by atoms with Gasteiger partial charge < -0.3 is 20.7 Å². The zero-order valence-electron chi connectivity index (χ0n) is 20.1. The number of benzene rings is 1. The second-order valence-electron chi connectivity index (χ2n) is 9.23. The fourth-order valence-electron chi connectivity index (χ4n) is 4.20. The first kappa shape index (κ1) is 26.3. The second-order valence-corrected chi connectivity index (χ2v) is 9.23. The van der Waals surface area contributed by atoms with Crippen LogP contribution in [0.3, 0.4) is 0 Å². The summed E-state index contributed by atoms with van der Waals surface area (Å²) in [7, 11) is 0. The van der Waals surface area contributed by atoms with Crippen molar-refractivity contribution >= 4 is 17.6 Å². The molecule has 35 heavy (non-hydrogen) atoms. The minimum atomic E-state index is -4.44. The second kappa shape index (κ2) is 10.5. The molecule has 2 heterocycles. The molecule has 2 unspecified atom stereocenters. The summed E-state index contributed by atoms with van der Waals surface area (Å²) in [5.41, 5.74) is 3.59. The molecule has 10 heteroatoms. The monoisotopic (exact) mass is 492 g/mol. The summed E-state index contributed by atoms with van der Waals surface area (Å²) >= 11 is 0. The topological polar surface area (TPSA) is 97.5 Å². The normalized spacial score (nSPS) is 18.7. The maximum Gasteiger partial charge on any atom is 0.416 e. The Balaban J connectivity index is 1.63. The van der Waals surface area contributed by atoms with Crippen molar-refractivity contribution in [3.63, 3.8) is 0 Å². The predicted molar refractivity (Wildman–Crippen MR) is 126 cm³/mol. The van der Waals surface area contributed by atoms with E-state index in [1.54, 1.807) is 26.0 Å². The van der Waals surface area contributed by atoms with E-state index in [0.29, 0.717) is 24.9 Å². The summed E-state index contributed by atoms with van der Waals surface area (Å²) in [5.74, 6) is 0.0678. The molecule has 3 rings (SSSR count). The van der Waals surface area contributed by atoms with Gasteiger partial charge in [-0.2, -0.15) is 13.2 Å². The number of aromatic nitrogens is 1. The van der Waals surface area contributed by atoms with Crippen LogP contribution in [0.1, 0.15) is 62.4 Å². The average Bonchev–Trinajstić information content (AvgIpc) is 2.79. The first-order valence-corrected chi connectivity index (χ1v) is 11.6. The molecule has 2 atom stereocenters. The van der Waals surface area contributed by atoms with Crippen molar-refractivity contribution in [1.82, 2.24) is 10.3 Å². The molecule has 190 valence electrons. The van der Waals surface area contributed by atoms with Crippen molar-refractivity contribution < 1.29 is 27.5 Å². The highest BCUT2D eigenvalue weighted by Gasteiger charge is 2.36. The summed E-state index contributed by atoms with van der Waals surface area (Å²) in [6.45, 7) is 5.93. The van der Waals surface area contributed by atoms with Crippen molar-refractivity contribution in [1.29, 1.82) is 0 Å². The number of primary amides is 1. The first-order valence-electron chi connectivity index (χ1n) is 11.6. The van der Waals surface area contributed by atoms with E-state index < -0.39 is 23.2 Å². The predicted octanol–water partition coefficient (Wildman–Crippen LogP) is 4.31. The van der Waals surface area contributed by atoms with Gasteiger partial charge in [-0.25, -0.2) is 4.98 Å². The van der Waals surface area contributed by atoms with Gasteiger partial charge in [0.15, 0.2) is 5.60 Å². The number of piperidine rings is 1. The van der Waals surface area contributed by atoms with Crippen LogP contribution in [0.4, 0.5) is 19.0 Å². The molecule has 0 aliphatic carbocycles. The number of alkyl halides is 3. The Morgan fingerprint density at radius 2 is 1.86 bits per heavy atom. The number of nitrogens with two attached hydrogens (primary N) is 1. The Kier molecular flexibility index (Phi) is 7.92. The van der Waals surface area contributed by atoms with E-state index in [4.69, 9.17) is 10.5 Å². The third-order valence-corrected chi connectivity index (χ3v) is 6.10. The molecule has 1 saturated heterocycles. The van der Waals surface area contributed by atoms with Gasteiger partial charge in [0.25, 0.3) is 5.91 Å². The number of nitrogens with one attached hydrogen (secondary N) is 1. The van der Waals surface area contributed by atoms with Crippen LogP contribution in [0.2, 0.25) is 0 Å². The van der Waals surface area contributed by atoms with Gasteiger partial charge in [-0.1, -0.05) is 13.3 Å². The number of halogens is 3. The molecule has 0 radical (unpaired) electrons. The molecule has 1 fully saturated rings. The minimum Gasteiger partial charge on any atom is -0.478 e. The fraction of sp³-hybridized carbons (Fsp3) is 0.480. The summed E-state index contributed by atoms with van der Waals surface area (Å²) in [6.07, 6.45) is 0.266. The summed E-state index contributed by atoms with van der Waals surface area (Å²) in [4.78, 5) is 30.9. The van der Waals surface area contributed by atoms with Gasteiger partial charge in [0.1, 0.15) is 11.6 Å². The number of carbonyl (C=O) groups is 2. The smallest absolute Gasteiger partial charge is 0.416 e. The van der Waals surface area contributed by atoms with Gasteiger partial charge in [0, 0.05) is 24.8 Å². The van der Waals surface area contributed by atoms with E-state index in [1.165, 1.54) is 18.3 Å². The van der Waals surface area contributed by atoms with Crippen LogP contribution in [0.5, 0.6) is 5.75 Å². The average molecular weight is 493 g/mol. The Morgan fingerprint density at radius 3 is 2.40 bits per heavy atom. The van der Waals surface area contributed by atoms with Crippen LogP contribution >= 0.6 is 0 Å². The summed E-state index contributed by atoms with van der Waals surface area (Å²) in [6, 6.07) is 7.77. The lowest BCUT2D eigenvalue weighted by molar-refractivity contribution is -0.138. The zero-order valence-corrected chi connectivity index (χ0v) is 20.1. The number of ether oxygens (including phenoxy) is 1. The minimum absolute atomic E-state index is 0.0873. The molecule has 1 aliphatic rings. The number of hydrogen-bond acceptors (Lipinski definition) is 5. The van der Waals surface area contributed by atoms with Crippen LogP contribution in [-0.2, 0) is 11.0 Å². The number of carbonyl (C=O) groups excluding carboxylic acids is 2. The molecule has 1 aromatic heterocycles. The third-order valence-electron chi connectivity index (χ3n) is 6.10. The Labute approximate surface area is 202 Å². The van der Waals surface area contributed by atoms with Gasteiger partial charge in [0.2, 0.25) is 5.91 Å². The molecule has 0 bridgehead atoms. The van der Waals surface area contributed by atoms with Gasteiger partial charge in [0.05, 0.1) is 11.1 Å². The lowest BCUT2D eigenvalue weighted by Gasteiger charge is -2.41. The number of rotatable bonds is 8. The molecule has 2 amide bonds. The number of amides is 2. The van der Waals surface area contributed by atoms with Gasteiger partial charge in [-0.3, -0.25) is 9.59 Å². The number of pyridine rings is 1. The number of hydrogen-bond donors (Lipinski definition) is 2. The molecule has 1 aromatic carbocycles. The first-order chi connectivity index (χ1) is 16.4. The van der Waals surface area contributed by atoms with E-state index in [-0.39, 0.29) is 23.7 Å². The lowest BCUT2D eigenvalue weighted by Crippen LogP contribution is -2.55. The molecule has 7 nitrogen and oxygen atoms in total. The third kappa shape index (κ3) is 6.64. The summed E-state index contributed by atoms with van der Waals surface area (Å²) < 4.78 is 44.1. The standard InChI is InChI=1S/C25H31F3N4O3/c1-4-5-19-14-18(12-13-32(19)21-11-6-16(15-30-21)22(29)33)31-23(34)24(2,3)35-20-9-7-17(8-10-20)25(26,27)28/h6-11,15,18-19H,4-5,12-14H2,1-3H3,(H2,29,33)(H,31,34). The van der Waals surface area contributed by atoms with Crippen molar-refractivity contribution in [3.8, 4) is 5.75 Å². The fourth-order valence-corrected chi connectivity index (χ4v) is 4.20. The van der Waals surface area contributed by atoms with E-state index >= 15 is 0 Å². The maximum absolute atomic E-state index is 13.0. The maximum atomic E-state index is 13.0. The van der Waals surface area contributed by atoms with E-state index in [9.17, 15) is 22.8 Å². The summed E-state index contributed by atoms with van der Waals surface area (Å²) in [5, 5.41) is 3.05. The number of nitrogens with zero attached hydrogens (tertiary/aromatic N) is 2. The molecule has 2 aromatic rings. The largest absolute Gasteiger partial charge is 0.478 e. The molecule has 0 spiro atoms. The highest BCUT2D eigenvalue weighted by Crippen LogP contribution is 2.31. The van der Waals surface area contributed by atoms with Crippen LogP contribution in [0.25, 0.3) is 0 Å². The van der Waals surface area contributed by atoms with Gasteiger partial charge in [-0.05, 0) is 69.5 Å². The van der Waals surface area contributed by atoms with E-state index in [0.717, 1.165) is 30.8 Å². The zero-order chi connectivity index (χ0) is 25.8. The molecule has 1 aliphatic heterocycles. The van der Waals surface area contributed by atoms with Crippen molar-refractivity contribution in [2.75, 3.05) is 11.4 Å². The Morgan fingerprint density at radius 1 is 1.17 bits per heavy atom. The van der Waals surface area contributed by atoms with E-state index in [1.807, 2.05) is 0 Å². The highest BCUT2D eigenvalue weighted by molar-refractivity contribution is 5.92. The van der Waals surface area contributed by atoms with Crippen molar-refractivity contribution in [3.05, 3.63) is 53.7 Å². The van der Waals surface area contributed by atoms with Crippen molar-refractivity contribution in [2.45, 2.75) is 70.3 Å². The van der Waals surface area contributed by atoms with Crippen LogP contribution < -0.4 is 20.7 Å².